The summed E-state index contributed by atoms with van der Waals surface area (Å²) >= 11 is 0. The largest absolute Gasteiger partial charge is 0.499 e. The second-order valence-corrected chi connectivity index (χ2v) is 28.1. The van der Waals surface area contributed by atoms with Crippen LogP contribution in [0.25, 0.3) is 6.08 Å². The predicted molar refractivity (Wildman–Crippen MR) is 418 cm³/mol. The Hall–Kier alpha value is -7.50. The Morgan fingerprint density at radius 3 is 1.55 bits per heavy atom. The second kappa shape index (κ2) is 48.0. The van der Waals surface area contributed by atoms with Crippen molar-refractivity contribution in [3.63, 3.8) is 0 Å². The molecule has 616 valence electrons. The highest BCUT2D eigenvalue weighted by Crippen LogP contribution is 2.44. The summed E-state index contributed by atoms with van der Waals surface area (Å²) in [5.74, 6) is 0.293. The summed E-state index contributed by atoms with van der Waals surface area (Å²) in [6.07, 6.45) is 11.0. The topological polar surface area (TPSA) is 311 Å². The van der Waals surface area contributed by atoms with E-state index >= 15 is 0 Å². The minimum atomic E-state index is -1.05. The molecule has 0 spiro atoms. The Morgan fingerprint density at radius 2 is 1.04 bits per heavy atom. The lowest BCUT2D eigenvalue weighted by atomic mass is 9.80. The average molecular weight is 1570 g/mol. The smallest absolute Gasteiger partial charge is 0.411 e. The lowest BCUT2D eigenvalue weighted by molar-refractivity contribution is -0.194. The first-order valence-corrected chi connectivity index (χ1v) is 39.3. The van der Waals surface area contributed by atoms with Gasteiger partial charge >= 0.3 is 14.1 Å². The molecule has 30 nitrogen and oxygen atoms in total. The Balaban J connectivity index is 0.609. The van der Waals surface area contributed by atoms with E-state index in [1.54, 1.807) is 41.8 Å². The zero-order valence-electron chi connectivity index (χ0n) is 66.0. The minimum absolute atomic E-state index is 0.0558. The van der Waals surface area contributed by atoms with Gasteiger partial charge in [-0.15, -0.1) is 0 Å². The third-order valence-corrected chi connectivity index (χ3v) is 19.6. The number of anilines is 2. The molecule has 3 fully saturated rings. The zero-order valence-corrected chi connectivity index (χ0v) is 66.0. The molecule has 3 aromatic rings. The highest BCUT2D eigenvalue weighted by molar-refractivity contribution is 6.54. The van der Waals surface area contributed by atoms with Gasteiger partial charge in [0.25, 0.3) is 23.6 Å². The molecule has 0 radical (unpaired) electrons. The van der Waals surface area contributed by atoms with Crippen molar-refractivity contribution in [3.8, 4) is 17.2 Å². The van der Waals surface area contributed by atoms with Crippen molar-refractivity contribution in [2.24, 2.45) is 0 Å². The van der Waals surface area contributed by atoms with Crippen LogP contribution in [0.3, 0.4) is 0 Å². The summed E-state index contributed by atoms with van der Waals surface area (Å²) in [5, 5.41) is 25.7. The maximum Gasteiger partial charge on any atom is 0.411 e. The quantitative estimate of drug-likeness (QED) is 0.0176. The average Bonchev–Trinajstić information content (AvgIpc) is 1.62. The van der Waals surface area contributed by atoms with Crippen molar-refractivity contribution in [2.45, 2.75) is 129 Å². The molecular formula is C80H116B2N6O24. The van der Waals surface area contributed by atoms with Gasteiger partial charge in [0.05, 0.1) is 182 Å². The summed E-state index contributed by atoms with van der Waals surface area (Å²) in [6.45, 7) is 27.6. The van der Waals surface area contributed by atoms with Crippen LogP contribution in [0.15, 0.2) is 85.2 Å². The van der Waals surface area contributed by atoms with Crippen LogP contribution in [-0.2, 0) is 93.9 Å². The first kappa shape index (κ1) is 88.4. The number of ether oxygens (including phenoxy) is 17. The molecule has 5 amide bonds. The number of carbonyl (C=O) groups is 5. The lowest BCUT2D eigenvalue weighted by Gasteiger charge is -2.40. The number of benzene rings is 3. The number of carbonyl (C=O) groups excluding carboxylic acids is 5. The molecule has 3 saturated heterocycles. The Kier molecular flexibility index (Phi) is 37.9. The number of hydrogen-bond donors (Lipinski definition) is 3. The van der Waals surface area contributed by atoms with Crippen LogP contribution in [-0.4, -0.2) is 291 Å². The molecule has 6 heterocycles. The number of nitrogens with zero attached hydrogens (tertiary/aromatic N) is 5. The van der Waals surface area contributed by atoms with Crippen LogP contribution in [0.2, 0.25) is 13.6 Å². The van der Waals surface area contributed by atoms with Gasteiger partial charge in [-0.2, -0.15) is 0 Å². The van der Waals surface area contributed by atoms with Crippen LogP contribution in [0.5, 0.6) is 17.2 Å². The molecule has 112 heavy (non-hydrogen) atoms. The number of rotatable bonds is 55. The van der Waals surface area contributed by atoms with Gasteiger partial charge in [-0.05, 0) is 131 Å². The van der Waals surface area contributed by atoms with Crippen LogP contribution >= 0.6 is 0 Å². The molecule has 0 bridgehead atoms. The van der Waals surface area contributed by atoms with Crippen LogP contribution < -0.4 is 29.1 Å². The van der Waals surface area contributed by atoms with E-state index in [0.717, 1.165) is 52.7 Å². The molecule has 32 heteroatoms. The van der Waals surface area contributed by atoms with E-state index in [-0.39, 0.29) is 61.4 Å². The van der Waals surface area contributed by atoms with Crippen molar-refractivity contribution in [1.29, 1.82) is 0 Å². The van der Waals surface area contributed by atoms with Crippen molar-refractivity contribution < 1.29 is 115 Å². The molecule has 3 N–H and O–H groups in total. The van der Waals surface area contributed by atoms with Gasteiger partial charge in [-0.3, -0.25) is 28.9 Å². The number of unbranched alkanes of at least 4 members (excludes halogenated alkanes) is 2. The van der Waals surface area contributed by atoms with Gasteiger partial charge in [0.1, 0.15) is 31.8 Å². The summed E-state index contributed by atoms with van der Waals surface area (Å²) in [6, 6.07) is 12.2. The van der Waals surface area contributed by atoms with Crippen molar-refractivity contribution in [2.75, 3.05) is 201 Å². The molecule has 5 atom stereocenters. The van der Waals surface area contributed by atoms with Gasteiger partial charge in [-0.1, -0.05) is 30.7 Å². The van der Waals surface area contributed by atoms with Crippen molar-refractivity contribution >= 4 is 61.1 Å². The van der Waals surface area contributed by atoms with E-state index in [2.05, 4.69) is 18.5 Å². The van der Waals surface area contributed by atoms with Crippen molar-refractivity contribution in [1.82, 2.24) is 20.0 Å². The van der Waals surface area contributed by atoms with E-state index in [0.29, 0.717) is 256 Å². The number of methoxy groups -OCH3 is 1. The lowest BCUT2D eigenvalue weighted by Crippen LogP contribution is -2.56. The fraction of sp³-hybridized carbons (Fsp3) is 0.613. The molecule has 0 aliphatic carbocycles. The molecule has 1 unspecified atom stereocenters. The maximum absolute atomic E-state index is 14.5. The van der Waals surface area contributed by atoms with E-state index in [9.17, 15) is 34.0 Å². The van der Waals surface area contributed by atoms with E-state index in [1.165, 1.54) is 24.2 Å². The highest BCUT2D eigenvalue weighted by atomic mass is 16.7. The summed E-state index contributed by atoms with van der Waals surface area (Å²) in [7, 11) is -0.442. The Morgan fingerprint density at radius 1 is 0.571 bits per heavy atom. The zero-order chi connectivity index (χ0) is 79.4. The summed E-state index contributed by atoms with van der Waals surface area (Å²) < 4.78 is 99.4. The van der Waals surface area contributed by atoms with Gasteiger partial charge in [-0.25, -0.2) is 0 Å². The molecule has 6 aliphatic heterocycles. The number of nitrogens with one attached hydrogen (secondary N) is 1. The van der Waals surface area contributed by atoms with Gasteiger partial charge in [0.2, 0.25) is 5.91 Å². The van der Waals surface area contributed by atoms with Crippen molar-refractivity contribution in [3.05, 3.63) is 119 Å². The fourth-order valence-corrected chi connectivity index (χ4v) is 14.0. The number of imide groups is 1. The number of amides is 5. The van der Waals surface area contributed by atoms with Gasteiger partial charge in [0, 0.05) is 80.9 Å². The number of fused-ring (bicyclic) bond motifs is 4. The molecular weight excluding hydrogens is 1450 g/mol. The summed E-state index contributed by atoms with van der Waals surface area (Å²) in [5.41, 5.74) is 6.82. The maximum atomic E-state index is 14.5. The van der Waals surface area contributed by atoms with E-state index in [4.69, 9.17) is 80.5 Å². The first-order chi connectivity index (χ1) is 54.5. The third kappa shape index (κ3) is 27.6. The minimum Gasteiger partial charge on any atom is -0.499 e. The van der Waals surface area contributed by atoms with Gasteiger partial charge in [0.15, 0.2) is 17.8 Å². The first-order valence-electron chi connectivity index (χ1n) is 39.3. The normalized spacial score (nSPS) is 18.9. The van der Waals surface area contributed by atoms with Crippen LogP contribution in [0.1, 0.15) is 108 Å². The molecule has 0 aromatic heterocycles. The highest BCUT2D eigenvalue weighted by Gasteiger charge is 2.48. The second-order valence-electron chi connectivity index (χ2n) is 28.1. The molecule has 9 rings (SSSR count). The van der Waals surface area contributed by atoms with E-state index < -0.39 is 32.7 Å². The predicted octanol–water partition coefficient (Wildman–Crippen LogP) is 6.59. The van der Waals surface area contributed by atoms with Crippen LogP contribution in [0, 0.1) is 6.92 Å². The third-order valence-electron chi connectivity index (χ3n) is 19.6. The Labute approximate surface area is 659 Å². The Bertz CT molecular complexity index is 3530. The molecule has 0 saturated carbocycles. The monoisotopic (exact) mass is 1570 g/mol. The summed E-state index contributed by atoms with van der Waals surface area (Å²) in [4.78, 5) is 72.3. The standard InChI is InChI=1S/C80H116B2N6O24/c1-58-45-67-61(4)87(81(5)94)68-53-73(72(96-7)51-66(68)79(93)85(67)54-58)111-57-64-49-62(48-63(50-64)56-110-71-52-69-65(47-60(71)3)78(92)86-55-59(2)46-70(86)80(88(69)82(6)95)112-77-14-10-12-20-109-77)17-21-97-23-25-99-27-29-101-31-33-103-35-37-105-39-41-107-43-44-108-42-40-106-38-36-104-34-32-102-30-28-100-26-24-98-22-18-83-74(89)13-9-8-11-19-84-75(90)15-16-76(84)91/h15-17,21,47-53,61,67,70,77,80,94-95H,1-2,8-14,18-20,22-46,54-57H2,3-7H3,(H,83,89)/t61-,67-,70-,77?,80-/m0/s1. The number of aryl methyl sites for hydroxylation is 1. The van der Waals surface area contributed by atoms with Crippen LogP contribution in [0.4, 0.5) is 11.4 Å². The SMILES string of the molecule is C=C1C[C@H]2[C@H](C)N(B(C)O)c3cc(OCc4cc(C=COCCOCCOCCOCCOCCOCCOCCOCCOCCOCCOCCOCCNC(=O)CCCCCN5C(=O)C=CC5=O)cc(COc5cc6c(cc5C)C(=O)N5CC(=C)C[C@H]5[C@H](OC5CCCCO5)N6B(C)O)c4)c(OC)cc3C(=O)N2C1. The molecule has 6 aliphatic rings. The fourth-order valence-electron chi connectivity index (χ4n) is 14.0. The number of hydrogen-bond acceptors (Lipinski definition) is 26. The van der Waals surface area contributed by atoms with E-state index in [1.807, 2.05) is 60.0 Å². The molecule has 3 aromatic carbocycles. The van der Waals surface area contributed by atoms with Gasteiger partial charge < -0.3 is 115 Å².